The Bertz CT molecular complexity index is 285. The predicted molar refractivity (Wildman–Crippen MR) is 60.7 cm³/mol. The van der Waals surface area contributed by atoms with Crippen molar-refractivity contribution in [1.82, 2.24) is 14.9 Å². The summed E-state index contributed by atoms with van der Waals surface area (Å²) in [6.45, 7) is 7.81. The van der Waals surface area contributed by atoms with E-state index < -0.39 is 0 Å². The number of aryl methyl sites for hydroxylation is 1. The molecule has 1 N–H and O–H groups in total. The highest BCUT2D eigenvalue weighted by Crippen LogP contribution is 2.08. The second kappa shape index (κ2) is 5.88. The summed E-state index contributed by atoms with van der Waals surface area (Å²) in [6, 6.07) is 0.257. The van der Waals surface area contributed by atoms with E-state index in [4.69, 9.17) is 4.74 Å². The monoisotopic (exact) mass is 211 g/mol. The molecule has 0 aliphatic carbocycles. The van der Waals surface area contributed by atoms with Gasteiger partial charge >= 0.3 is 0 Å². The highest BCUT2D eigenvalue weighted by molar-refractivity contribution is 4.96. The average molecular weight is 211 g/mol. The Kier molecular flexibility index (Phi) is 4.78. The summed E-state index contributed by atoms with van der Waals surface area (Å²) >= 11 is 0. The first-order valence-electron chi connectivity index (χ1n) is 5.47. The Morgan fingerprint density at radius 3 is 2.80 bits per heavy atom. The van der Waals surface area contributed by atoms with Crippen LogP contribution in [0.4, 0.5) is 0 Å². The van der Waals surface area contributed by atoms with Gasteiger partial charge in [0.05, 0.1) is 12.1 Å². The molecular formula is C11H21N3O. The third-order valence-electron chi connectivity index (χ3n) is 2.41. The molecule has 0 radical (unpaired) electrons. The Labute approximate surface area is 91.7 Å². The van der Waals surface area contributed by atoms with Gasteiger partial charge in [-0.15, -0.1) is 0 Å². The first-order chi connectivity index (χ1) is 7.15. The van der Waals surface area contributed by atoms with E-state index in [9.17, 15) is 0 Å². The maximum Gasteiger partial charge on any atom is 0.125 e. The molecule has 15 heavy (non-hydrogen) atoms. The molecule has 1 heterocycles. The molecule has 2 unspecified atom stereocenters. The second-order valence-electron chi connectivity index (χ2n) is 3.79. The normalized spacial score (nSPS) is 15.2. The summed E-state index contributed by atoms with van der Waals surface area (Å²) in [5, 5.41) is 3.40. The third-order valence-corrected chi connectivity index (χ3v) is 2.41. The van der Waals surface area contributed by atoms with E-state index in [1.807, 2.05) is 30.9 Å². The zero-order valence-corrected chi connectivity index (χ0v) is 10.0. The summed E-state index contributed by atoms with van der Waals surface area (Å²) in [5.41, 5.74) is 0. The van der Waals surface area contributed by atoms with E-state index in [1.54, 1.807) is 0 Å². The number of hydrogen-bond acceptors (Lipinski definition) is 3. The molecular weight excluding hydrogens is 190 g/mol. The quantitative estimate of drug-likeness (QED) is 0.775. The molecule has 0 aliphatic heterocycles. The maximum atomic E-state index is 5.45. The van der Waals surface area contributed by atoms with Crippen LogP contribution in [0.3, 0.4) is 0 Å². The minimum absolute atomic E-state index is 0.248. The Balaban J connectivity index is 2.36. The predicted octanol–water partition coefficient (Wildman–Crippen LogP) is 1.50. The standard InChI is InChI=1S/C11H21N3O/c1-5-15-9(2)8-13-10(3)11-12-6-7-14(11)4/h6-7,9-10,13H,5,8H2,1-4H3. The summed E-state index contributed by atoms with van der Waals surface area (Å²) in [7, 11) is 2.01. The molecule has 1 rings (SSSR count). The SMILES string of the molecule is CCOC(C)CNC(C)c1nccn1C. The van der Waals surface area contributed by atoms with Crippen molar-refractivity contribution < 1.29 is 4.74 Å². The average Bonchev–Trinajstić information content (AvgIpc) is 2.61. The van der Waals surface area contributed by atoms with Crippen molar-refractivity contribution in [1.29, 1.82) is 0 Å². The van der Waals surface area contributed by atoms with Gasteiger partial charge in [-0.05, 0) is 20.8 Å². The van der Waals surface area contributed by atoms with Gasteiger partial charge in [0.25, 0.3) is 0 Å². The zero-order valence-electron chi connectivity index (χ0n) is 10.0. The van der Waals surface area contributed by atoms with Gasteiger partial charge in [0.15, 0.2) is 0 Å². The number of aromatic nitrogens is 2. The van der Waals surface area contributed by atoms with Gasteiger partial charge in [-0.2, -0.15) is 0 Å². The van der Waals surface area contributed by atoms with E-state index in [0.717, 1.165) is 19.0 Å². The smallest absolute Gasteiger partial charge is 0.125 e. The van der Waals surface area contributed by atoms with Crippen molar-refractivity contribution in [3.05, 3.63) is 18.2 Å². The third kappa shape index (κ3) is 3.64. The molecule has 86 valence electrons. The molecule has 2 atom stereocenters. The van der Waals surface area contributed by atoms with Crippen LogP contribution >= 0.6 is 0 Å². The van der Waals surface area contributed by atoms with E-state index in [1.165, 1.54) is 0 Å². The van der Waals surface area contributed by atoms with Crippen LogP contribution in [0.2, 0.25) is 0 Å². The number of nitrogens with one attached hydrogen (secondary N) is 1. The van der Waals surface area contributed by atoms with Crippen molar-refractivity contribution in [2.24, 2.45) is 7.05 Å². The van der Waals surface area contributed by atoms with Crippen molar-refractivity contribution in [3.63, 3.8) is 0 Å². The molecule has 1 aromatic rings. The molecule has 4 heteroatoms. The van der Waals surface area contributed by atoms with Gasteiger partial charge in [0.1, 0.15) is 5.82 Å². The number of ether oxygens (including phenoxy) is 1. The van der Waals surface area contributed by atoms with Gasteiger partial charge in [-0.25, -0.2) is 4.98 Å². The van der Waals surface area contributed by atoms with E-state index >= 15 is 0 Å². The van der Waals surface area contributed by atoms with Crippen LogP contribution in [-0.2, 0) is 11.8 Å². The van der Waals surface area contributed by atoms with E-state index in [2.05, 4.69) is 24.1 Å². The van der Waals surface area contributed by atoms with Crippen LogP contribution in [0.1, 0.15) is 32.6 Å². The Morgan fingerprint density at radius 2 is 2.27 bits per heavy atom. The van der Waals surface area contributed by atoms with Gasteiger partial charge < -0.3 is 14.6 Å². The first kappa shape index (κ1) is 12.2. The van der Waals surface area contributed by atoms with Crippen molar-refractivity contribution in [2.45, 2.75) is 32.9 Å². The van der Waals surface area contributed by atoms with Crippen molar-refractivity contribution in [3.8, 4) is 0 Å². The van der Waals surface area contributed by atoms with Crippen molar-refractivity contribution in [2.75, 3.05) is 13.2 Å². The molecule has 0 spiro atoms. The van der Waals surface area contributed by atoms with Gasteiger partial charge in [-0.1, -0.05) is 0 Å². The minimum Gasteiger partial charge on any atom is -0.377 e. The number of rotatable bonds is 6. The van der Waals surface area contributed by atoms with Crippen molar-refractivity contribution >= 4 is 0 Å². The lowest BCUT2D eigenvalue weighted by molar-refractivity contribution is 0.0741. The molecule has 0 bridgehead atoms. The number of imidazole rings is 1. The fraction of sp³-hybridized carbons (Fsp3) is 0.727. The van der Waals surface area contributed by atoms with Crippen LogP contribution < -0.4 is 5.32 Å². The van der Waals surface area contributed by atoms with Crippen LogP contribution in [-0.4, -0.2) is 28.8 Å². The fourth-order valence-electron chi connectivity index (χ4n) is 1.57. The second-order valence-corrected chi connectivity index (χ2v) is 3.79. The largest absolute Gasteiger partial charge is 0.377 e. The maximum absolute atomic E-state index is 5.45. The van der Waals surface area contributed by atoms with Gasteiger partial charge in [0, 0.05) is 32.6 Å². The van der Waals surface area contributed by atoms with Gasteiger partial charge in [0.2, 0.25) is 0 Å². The fourth-order valence-corrected chi connectivity index (χ4v) is 1.57. The highest BCUT2D eigenvalue weighted by Gasteiger charge is 2.10. The topological polar surface area (TPSA) is 39.1 Å². The molecule has 0 aliphatic rings. The molecule has 0 saturated carbocycles. The summed E-state index contributed by atoms with van der Waals surface area (Å²) in [6.07, 6.45) is 4.02. The Morgan fingerprint density at radius 1 is 1.53 bits per heavy atom. The molecule has 0 saturated heterocycles. The number of hydrogen-bond donors (Lipinski definition) is 1. The molecule has 4 nitrogen and oxygen atoms in total. The van der Waals surface area contributed by atoms with E-state index in [-0.39, 0.29) is 12.1 Å². The first-order valence-corrected chi connectivity index (χ1v) is 5.47. The van der Waals surface area contributed by atoms with Crippen LogP contribution in [0.5, 0.6) is 0 Å². The van der Waals surface area contributed by atoms with Crippen LogP contribution in [0.25, 0.3) is 0 Å². The summed E-state index contributed by atoms with van der Waals surface area (Å²) in [4.78, 5) is 4.30. The van der Waals surface area contributed by atoms with Gasteiger partial charge in [-0.3, -0.25) is 0 Å². The summed E-state index contributed by atoms with van der Waals surface area (Å²) < 4.78 is 7.48. The molecule has 0 amide bonds. The summed E-state index contributed by atoms with van der Waals surface area (Å²) in [5.74, 6) is 1.05. The van der Waals surface area contributed by atoms with E-state index in [0.29, 0.717) is 0 Å². The molecule has 0 aromatic carbocycles. The Hall–Kier alpha value is -0.870. The van der Waals surface area contributed by atoms with Crippen LogP contribution in [0.15, 0.2) is 12.4 Å². The lowest BCUT2D eigenvalue weighted by atomic mass is 10.3. The molecule has 1 aromatic heterocycles. The van der Waals surface area contributed by atoms with Crippen LogP contribution in [0, 0.1) is 0 Å². The number of nitrogens with zero attached hydrogens (tertiary/aromatic N) is 2. The molecule has 0 fully saturated rings. The lowest BCUT2D eigenvalue weighted by Gasteiger charge is -2.17. The lowest BCUT2D eigenvalue weighted by Crippen LogP contribution is -2.30. The minimum atomic E-state index is 0.248. The zero-order chi connectivity index (χ0) is 11.3. The highest BCUT2D eigenvalue weighted by atomic mass is 16.5.